The molecule has 2 heterocycles. The van der Waals surface area contributed by atoms with Crippen molar-refractivity contribution in [2.45, 2.75) is 19.3 Å². The van der Waals surface area contributed by atoms with E-state index in [2.05, 4.69) is 33.8 Å². The second-order valence-corrected chi connectivity index (χ2v) is 4.84. The van der Waals surface area contributed by atoms with E-state index in [-0.39, 0.29) is 0 Å². The third kappa shape index (κ3) is 2.04. The summed E-state index contributed by atoms with van der Waals surface area (Å²) in [5.41, 5.74) is 1.12. The topological polar surface area (TPSA) is 39.9 Å². The van der Waals surface area contributed by atoms with Crippen molar-refractivity contribution in [3.63, 3.8) is 0 Å². The largest absolute Gasteiger partial charge is 0.381 e. The molecular weight excluding hydrogens is 226 g/mol. The lowest BCUT2D eigenvalue weighted by atomic mass is 9.89. The maximum atomic E-state index is 5.50. The lowest BCUT2D eigenvalue weighted by Gasteiger charge is -2.28. The molecule has 4 nitrogen and oxygen atoms in total. The number of aromatic nitrogens is 3. The first-order valence-electron chi connectivity index (χ1n) is 6.39. The monoisotopic (exact) mass is 243 g/mol. The van der Waals surface area contributed by atoms with Crippen LogP contribution in [0.4, 0.5) is 0 Å². The molecule has 0 spiro atoms. The zero-order valence-corrected chi connectivity index (χ0v) is 10.5. The van der Waals surface area contributed by atoms with Crippen LogP contribution in [-0.4, -0.2) is 28.0 Å². The molecule has 1 saturated heterocycles. The van der Waals surface area contributed by atoms with Crippen molar-refractivity contribution in [1.82, 2.24) is 14.8 Å². The first-order chi connectivity index (χ1) is 8.86. The van der Waals surface area contributed by atoms with Gasteiger partial charge in [0.2, 0.25) is 0 Å². The smallest absolute Gasteiger partial charge is 0.140 e. The molecule has 0 radical (unpaired) electrons. The molecule has 0 N–H and O–H groups in total. The van der Waals surface area contributed by atoms with E-state index < -0.39 is 0 Å². The highest BCUT2D eigenvalue weighted by atomic mass is 16.5. The molecule has 1 fully saturated rings. The zero-order chi connectivity index (χ0) is 12.4. The summed E-state index contributed by atoms with van der Waals surface area (Å²) in [5, 5.41) is 8.40. The molecule has 0 bridgehead atoms. The highest BCUT2D eigenvalue weighted by molar-refractivity contribution is 5.32. The maximum absolute atomic E-state index is 5.50. The lowest BCUT2D eigenvalue weighted by molar-refractivity contribution is 0.0448. The Hall–Kier alpha value is -1.68. The van der Waals surface area contributed by atoms with E-state index in [4.69, 9.17) is 4.74 Å². The first kappa shape index (κ1) is 11.4. The average Bonchev–Trinajstić information content (AvgIpc) is 2.89. The third-order valence-corrected chi connectivity index (χ3v) is 3.58. The van der Waals surface area contributed by atoms with E-state index in [1.807, 2.05) is 18.2 Å². The summed E-state index contributed by atoms with van der Waals surface area (Å²) in [6.07, 6.45) is 2.82. The van der Waals surface area contributed by atoms with Gasteiger partial charge in [-0.1, -0.05) is 25.1 Å². The van der Waals surface area contributed by atoms with Crippen molar-refractivity contribution in [2.75, 3.05) is 13.2 Å². The van der Waals surface area contributed by atoms with Crippen molar-refractivity contribution in [3.8, 4) is 5.69 Å². The Morgan fingerprint density at radius 1 is 1.28 bits per heavy atom. The first-order valence-corrected chi connectivity index (χ1v) is 6.39. The van der Waals surface area contributed by atoms with Crippen LogP contribution in [0.25, 0.3) is 5.69 Å². The van der Waals surface area contributed by atoms with Crippen LogP contribution in [0.2, 0.25) is 0 Å². The van der Waals surface area contributed by atoms with Crippen LogP contribution in [0.3, 0.4) is 0 Å². The standard InChI is InChI=1S/C14H17N3O/c1-11-9-18-8-7-13(11)14-16-15-10-17(14)12-5-3-2-4-6-12/h2-6,10-11,13H,7-9H2,1H3. The number of benzene rings is 1. The van der Waals surface area contributed by atoms with Crippen LogP contribution in [0.5, 0.6) is 0 Å². The molecule has 94 valence electrons. The summed E-state index contributed by atoms with van der Waals surface area (Å²) >= 11 is 0. The Balaban J connectivity index is 1.96. The van der Waals surface area contributed by atoms with Gasteiger partial charge in [-0.2, -0.15) is 0 Å². The average molecular weight is 243 g/mol. The molecule has 2 unspecified atom stereocenters. The van der Waals surface area contributed by atoms with Gasteiger partial charge in [0.15, 0.2) is 0 Å². The van der Waals surface area contributed by atoms with Gasteiger partial charge in [-0.15, -0.1) is 10.2 Å². The molecule has 18 heavy (non-hydrogen) atoms. The van der Waals surface area contributed by atoms with Crippen LogP contribution in [0.15, 0.2) is 36.7 Å². The number of hydrogen-bond donors (Lipinski definition) is 0. The number of rotatable bonds is 2. The molecule has 4 heteroatoms. The number of para-hydroxylation sites is 1. The second kappa shape index (κ2) is 4.90. The normalized spacial score (nSPS) is 24.1. The van der Waals surface area contributed by atoms with E-state index in [0.717, 1.165) is 31.1 Å². The summed E-state index contributed by atoms with van der Waals surface area (Å²) < 4.78 is 7.59. The fourth-order valence-electron chi connectivity index (χ4n) is 2.55. The summed E-state index contributed by atoms with van der Waals surface area (Å²) in [6, 6.07) is 10.2. The number of hydrogen-bond acceptors (Lipinski definition) is 3. The van der Waals surface area contributed by atoms with Crippen molar-refractivity contribution in [3.05, 3.63) is 42.5 Å². The van der Waals surface area contributed by atoms with Gasteiger partial charge >= 0.3 is 0 Å². The Labute approximate surface area is 107 Å². The molecule has 0 aliphatic carbocycles. The molecule has 1 aliphatic heterocycles. The summed E-state index contributed by atoms with van der Waals surface area (Å²) in [7, 11) is 0. The minimum atomic E-state index is 0.432. The molecule has 0 amide bonds. The van der Waals surface area contributed by atoms with Crippen molar-refractivity contribution >= 4 is 0 Å². The van der Waals surface area contributed by atoms with Gasteiger partial charge in [-0.3, -0.25) is 4.57 Å². The van der Waals surface area contributed by atoms with Crippen molar-refractivity contribution < 1.29 is 4.74 Å². The van der Waals surface area contributed by atoms with Gasteiger partial charge in [-0.25, -0.2) is 0 Å². The third-order valence-electron chi connectivity index (χ3n) is 3.58. The van der Waals surface area contributed by atoms with Gasteiger partial charge < -0.3 is 4.74 Å². The molecule has 2 aromatic rings. The van der Waals surface area contributed by atoms with Crippen molar-refractivity contribution in [1.29, 1.82) is 0 Å². The maximum Gasteiger partial charge on any atom is 0.140 e. The molecule has 1 aromatic heterocycles. The zero-order valence-electron chi connectivity index (χ0n) is 10.5. The summed E-state index contributed by atoms with van der Waals surface area (Å²) in [5.74, 6) is 1.98. The van der Waals surface area contributed by atoms with E-state index in [1.165, 1.54) is 0 Å². The Morgan fingerprint density at radius 3 is 2.89 bits per heavy atom. The summed E-state index contributed by atoms with van der Waals surface area (Å²) in [4.78, 5) is 0. The van der Waals surface area contributed by atoms with Gasteiger partial charge in [0.05, 0.1) is 0 Å². The predicted octanol–water partition coefficient (Wildman–Crippen LogP) is 2.41. The van der Waals surface area contributed by atoms with Gasteiger partial charge in [-0.05, 0) is 24.5 Å². The minimum absolute atomic E-state index is 0.432. The molecule has 0 saturated carbocycles. The van der Waals surface area contributed by atoms with E-state index >= 15 is 0 Å². The minimum Gasteiger partial charge on any atom is -0.381 e. The fraction of sp³-hybridized carbons (Fsp3) is 0.429. The number of ether oxygens (including phenoxy) is 1. The quantitative estimate of drug-likeness (QED) is 0.813. The van der Waals surface area contributed by atoms with E-state index in [0.29, 0.717) is 11.8 Å². The SMILES string of the molecule is CC1COCCC1c1nncn1-c1ccccc1. The van der Waals surface area contributed by atoms with E-state index in [1.54, 1.807) is 6.33 Å². The van der Waals surface area contributed by atoms with Gasteiger partial charge in [0, 0.05) is 24.8 Å². The Kier molecular flexibility index (Phi) is 3.11. The Morgan fingerprint density at radius 2 is 2.11 bits per heavy atom. The second-order valence-electron chi connectivity index (χ2n) is 4.84. The van der Waals surface area contributed by atoms with E-state index in [9.17, 15) is 0 Å². The molecule has 1 aromatic carbocycles. The van der Waals surface area contributed by atoms with Crippen LogP contribution < -0.4 is 0 Å². The molecule has 1 aliphatic rings. The van der Waals surface area contributed by atoms with Crippen LogP contribution in [0, 0.1) is 5.92 Å². The van der Waals surface area contributed by atoms with Crippen molar-refractivity contribution in [2.24, 2.45) is 5.92 Å². The fourth-order valence-corrected chi connectivity index (χ4v) is 2.55. The molecular formula is C14H17N3O. The summed E-state index contributed by atoms with van der Waals surface area (Å²) in [6.45, 7) is 3.84. The highest BCUT2D eigenvalue weighted by Crippen LogP contribution is 2.31. The molecule has 3 rings (SSSR count). The van der Waals surface area contributed by atoms with Gasteiger partial charge in [0.25, 0.3) is 0 Å². The highest BCUT2D eigenvalue weighted by Gasteiger charge is 2.27. The van der Waals surface area contributed by atoms with Crippen LogP contribution in [0.1, 0.15) is 25.1 Å². The van der Waals surface area contributed by atoms with Crippen LogP contribution >= 0.6 is 0 Å². The predicted molar refractivity (Wildman–Crippen MR) is 68.7 cm³/mol. The lowest BCUT2D eigenvalue weighted by Crippen LogP contribution is -2.25. The van der Waals surface area contributed by atoms with Gasteiger partial charge in [0.1, 0.15) is 12.2 Å². The Bertz CT molecular complexity index is 509. The van der Waals surface area contributed by atoms with Crippen LogP contribution in [-0.2, 0) is 4.74 Å². The number of nitrogens with zero attached hydrogens (tertiary/aromatic N) is 3. The molecule has 2 atom stereocenters.